The van der Waals surface area contributed by atoms with Crippen LogP contribution in [0.4, 0.5) is 4.79 Å². The molecule has 1 fully saturated rings. The molecule has 0 saturated carbocycles. The van der Waals surface area contributed by atoms with Crippen molar-refractivity contribution < 1.29 is 24.2 Å². The van der Waals surface area contributed by atoms with Crippen LogP contribution in [0.15, 0.2) is 48.5 Å². The molecular formula is C27H32N2O5. The standard InChI is InChI=1S/C27H32N2O5/c1-17(14-25(30)31)19-8-7-13-29(15-19)26(32)18(2)28-27(33)34-16-24-22-11-5-3-9-20(22)21-10-4-6-12-23(21)24/h3-6,9-12,17-19,24H,7-8,13-16H2,1-2H3,(H,28,33)(H,30,31)/t17?,18-,19?/m0/s1. The first-order valence-corrected chi connectivity index (χ1v) is 12.0. The molecule has 0 spiro atoms. The molecule has 3 atom stereocenters. The van der Waals surface area contributed by atoms with Gasteiger partial charge in [0.1, 0.15) is 12.6 Å². The van der Waals surface area contributed by atoms with Crippen molar-refractivity contribution in [3.63, 3.8) is 0 Å². The van der Waals surface area contributed by atoms with Crippen molar-refractivity contribution in [1.82, 2.24) is 10.2 Å². The highest BCUT2D eigenvalue weighted by atomic mass is 16.5. The van der Waals surface area contributed by atoms with Crippen molar-refractivity contribution >= 4 is 18.0 Å². The van der Waals surface area contributed by atoms with Crippen LogP contribution in [0, 0.1) is 11.8 Å². The lowest BCUT2D eigenvalue weighted by Crippen LogP contribution is -2.50. The van der Waals surface area contributed by atoms with Gasteiger partial charge in [0.25, 0.3) is 0 Å². The fourth-order valence-electron chi connectivity index (χ4n) is 5.27. The number of fused-ring (bicyclic) bond motifs is 3. The van der Waals surface area contributed by atoms with E-state index in [4.69, 9.17) is 9.84 Å². The third kappa shape index (κ3) is 5.08. The molecule has 1 aliphatic heterocycles. The van der Waals surface area contributed by atoms with Crippen LogP contribution in [0.2, 0.25) is 0 Å². The van der Waals surface area contributed by atoms with Crippen molar-refractivity contribution in [2.75, 3.05) is 19.7 Å². The second-order valence-corrected chi connectivity index (χ2v) is 9.45. The van der Waals surface area contributed by atoms with Gasteiger partial charge in [0.05, 0.1) is 0 Å². The van der Waals surface area contributed by atoms with E-state index in [0.717, 1.165) is 35.1 Å². The molecule has 0 aromatic heterocycles. The lowest BCUT2D eigenvalue weighted by molar-refractivity contribution is -0.139. The predicted molar refractivity (Wildman–Crippen MR) is 128 cm³/mol. The Hall–Kier alpha value is -3.35. The summed E-state index contributed by atoms with van der Waals surface area (Å²) in [5, 5.41) is 11.8. The van der Waals surface area contributed by atoms with Crippen LogP contribution in [0.1, 0.15) is 50.2 Å². The number of ether oxygens (including phenoxy) is 1. The van der Waals surface area contributed by atoms with Gasteiger partial charge in [-0.25, -0.2) is 4.79 Å². The highest BCUT2D eigenvalue weighted by Crippen LogP contribution is 2.44. The average Bonchev–Trinajstić information content (AvgIpc) is 3.15. The van der Waals surface area contributed by atoms with Gasteiger partial charge in [-0.15, -0.1) is 0 Å². The Morgan fingerprint density at radius 3 is 2.29 bits per heavy atom. The Labute approximate surface area is 200 Å². The number of aliphatic carboxylic acids is 1. The maximum atomic E-state index is 13.0. The summed E-state index contributed by atoms with van der Waals surface area (Å²) in [7, 11) is 0. The van der Waals surface area contributed by atoms with E-state index in [2.05, 4.69) is 29.6 Å². The largest absolute Gasteiger partial charge is 0.481 e. The zero-order valence-corrected chi connectivity index (χ0v) is 19.7. The minimum atomic E-state index is -0.818. The number of nitrogens with one attached hydrogen (secondary N) is 1. The Morgan fingerprint density at radius 2 is 1.68 bits per heavy atom. The number of hydrogen-bond donors (Lipinski definition) is 2. The van der Waals surface area contributed by atoms with E-state index in [1.54, 1.807) is 11.8 Å². The number of carbonyl (C=O) groups excluding carboxylic acids is 2. The van der Waals surface area contributed by atoms with E-state index in [1.807, 2.05) is 31.2 Å². The molecule has 2 aromatic carbocycles. The first-order valence-electron chi connectivity index (χ1n) is 12.0. The van der Waals surface area contributed by atoms with Gasteiger partial charge < -0.3 is 20.1 Å². The van der Waals surface area contributed by atoms with Crippen molar-refractivity contribution in [2.24, 2.45) is 11.8 Å². The number of carboxylic acids is 1. The zero-order chi connectivity index (χ0) is 24.2. The monoisotopic (exact) mass is 464 g/mol. The molecule has 2 aromatic rings. The average molecular weight is 465 g/mol. The van der Waals surface area contributed by atoms with Crippen LogP contribution in [0.5, 0.6) is 0 Å². The summed E-state index contributed by atoms with van der Waals surface area (Å²) in [5.74, 6) is -0.876. The Kier molecular flexibility index (Phi) is 7.20. The van der Waals surface area contributed by atoms with Crippen molar-refractivity contribution in [3.8, 4) is 11.1 Å². The number of carboxylic acid groups (broad SMARTS) is 1. The minimum Gasteiger partial charge on any atom is -0.481 e. The third-order valence-corrected chi connectivity index (χ3v) is 7.12. The molecule has 2 unspecified atom stereocenters. The van der Waals surface area contributed by atoms with Gasteiger partial charge in [0.15, 0.2) is 0 Å². The van der Waals surface area contributed by atoms with Crippen molar-refractivity contribution in [1.29, 1.82) is 0 Å². The van der Waals surface area contributed by atoms with E-state index in [0.29, 0.717) is 13.1 Å². The normalized spacial score (nSPS) is 19.0. The topological polar surface area (TPSA) is 95.9 Å². The highest BCUT2D eigenvalue weighted by molar-refractivity contribution is 5.85. The number of benzene rings is 2. The van der Waals surface area contributed by atoms with Gasteiger partial charge in [0.2, 0.25) is 5.91 Å². The number of piperidine rings is 1. The van der Waals surface area contributed by atoms with Gasteiger partial charge >= 0.3 is 12.1 Å². The molecule has 2 amide bonds. The van der Waals surface area contributed by atoms with E-state index < -0.39 is 18.1 Å². The zero-order valence-electron chi connectivity index (χ0n) is 19.7. The van der Waals surface area contributed by atoms with Crippen LogP contribution >= 0.6 is 0 Å². The Bertz CT molecular complexity index is 1020. The van der Waals surface area contributed by atoms with E-state index in [1.165, 1.54) is 0 Å². The first-order chi connectivity index (χ1) is 16.3. The van der Waals surface area contributed by atoms with E-state index in [-0.39, 0.29) is 36.7 Å². The molecule has 1 aliphatic carbocycles. The van der Waals surface area contributed by atoms with Gasteiger partial charge in [-0.05, 0) is 53.9 Å². The number of nitrogens with zero attached hydrogens (tertiary/aromatic N) is 1. The van der Waals surface area contributed by atoms with Crippen LogP contribution in [-0.2, 0) is 14.3 Å². The third-order valence-electron chi connectivity index (χ3n) is 7.12. The number of rotatable bonds is 7. The molecule has 2 aliphatic rings. The lowest BCUT2D eigenvalue weighted by Gasteiger charge is -2.36. The van der Waals surface area contributed by atoms with E-state index in [9.17, 15) is 14.4 Å². The fourth-order valence-corrected chi connectivity index (χ4v) is 5.27. The number of likely N-dealkylation sites (tertiary alicyclic amines) is 1. The lowest BCUT2D eigenvalue weighted by atomic mass is 9.84. The molecule has 2 N–H and O–H groups in total. The van der Waals surface area contributed by atoms with Crippen LogP contribution < -0.4 is 5.32 Å². The summed E-state index contributed by atoms with van der Waals surface area (Å²) in [5.41, 5.74) is 4.59. The quantitative estimate of drug-likeness (QED) is 0.638. The molecule has 4 rings (SSSR count). The molecule has 180 valence electrons. The molecule has 34 heavy (non-hydrogen) atoms. The van der Waals surface area contributed by atoms with Crippen molar-refractivity contribution in [2.45, 2.75) is 45.1 Å². The van der Waals surface area contributed by atoms with Gasteiger partial charge in [-0.2, -0.15) is 0 Å². The molecule has 0 radical (unpaired) electrons. The summed E-state index contributed by atoms with van der Waals surface area (Å²) in [6.07, 6.45) is 1.22. The predicted octanol–water partition coefficient (Wildman–Crippen LogP) is 4.26. The second-order valence-electron chi connectivity index (χ2n) is 9.45. The molecule has 1 heterocycles. The van der Waals surface area contributed by atoms with Crippen LogP contribution in [0.25, 0.3) is 11.1 Å². The summed E-state index contributed by atoms with van der Waals surface area (Å²) in [6, 6.07) is 15.6. The van der Waals surface area contributed by atoms with E-state index >= 15 is 0 Å². The number of alkyl carbamates (subject to hydrolysis) is 1. The smallest absolute Gasteiger partial charge is 0.407 e. The Balaban J connectivity index is 1.32. The summed E-state index contributed by atoms with van der Waals surface area (Å²) in [6.45, 7) is 4.91. The van der Waals surface area contributed by atoms with Crippen LogP contribution in [-0.4, -0.2) is 53.7 Å². The summed E-state index contributed by atoms with van der Waals surface area (Å²) >= 11 is 0. The number of carbonyl (C=O) groups is 3. The second kappa shape index (κ2) is 10.3. The van der Waals surface area contributed by atoms with Crippen LogP contribution in [0.3, 0.4) is 0 Å². The molecule has 0 bridgehead atoms. The summed E-state index contributed by atoms with van der Waals surface area (Å²) in [4.78, 5) is 38.3. The summed E-state index contributed by atoms with van der Waals surface area (Å²) < 4.78 is 5.56. The highest BCUT2D eigenvalue weighted by Gasteiger charge is 2.32. The first kappa shape index (κ1) is 23.8. The Morgan fingerprint density at radius 1 is 1.06 bits per heavy atom. The maximum absolute atomic E-state index is 13.0. The fraction of sp³-hybridized carbons (Fsp3) is 0.444. The van der Waals surface area contributed by atoms with Gasteiger partial charge in [-0.3, -0.25) is 9.59 Å². The molecule has 7 nitrogen and oxygen atoms in total. The number of hydrogen-bond acceptors (Lipinski definition) is 4. The molecule has 7 heteroatoms. The van der Waals surface area contributed by atoms with Gasteiger partial charge in [0, 0.05) is 25.4 Å². The van der Waals surface area contributed by atoms with Gasteiger partial charge in [-0.1, -0.05) is 55.5 Å². The number of amides is 2. The SMILES string of the molecule is CC(CC(=O)O)C1CCCN(C(=O)[C@H](C)NC(=O)OCC2c3ccccc3-c3ccccc32)C1. The maximum Gasteiger partial charge on any atom is 0.407 e. The molecule has 1 saturated heterocycles. The molecular weight excluding hydrogens is 432 g/mol. The van der Waals surface area contributed by atoms with Crippen molar-refractivity contribution in [3.05, 3.63) is 59.7 Å². The minimum absolute atomic E-state index is 0.00139.